The lowest BCUT2D eigenvalue weighted by molar-refractivity contribution is -0.0664. The summed E-state index contributed by atoms with van der Waals surface area (Å²) in [5.41, 5.74) is -0.158. The maximum Gasteiger partial charge on any atom is 0.156 e. The SMILES string of the molecule is CN(C)c1ncnn2c([C@@H]3O[C@H](CO)[C@@H](O)C3(C)O)ccc12. The van der Waals surface area contributed by atoms with E-state index in [1.807, 2.05) is 25.1 Å². The van der Waals surface area contributed by atoms with Crippen LogP contribution in [0.1, 0.15) is 18.7 Å². The Hall–Kier alpha value is -1.74. The predicted octanol–water partition coefficient (Wildman–Crippen LogP) is -0.661. The fourth-order valence-corrected chi connectivity index (χ4v) is 2.91. The van der Waals surface area contributed by atoms with Crippen molar-refractivity contribution in [2.45, 2.75) is 30.8 Å². The molecule has 0 aliphatic carbocycles. The van der Waals surface area contributed by atoms with E-state index in [2.05, 4.69) is 10.1 Å². The van der Waals surface area contributed by atoms with Crippen LogP contribution in [-0.2, 0) is 4.74 Å². The third-order valence-corrected chi connectivity index (χ3v) is 4.13. The van der Waals surface area contributed by atoms with E-state index in [0.717, 1.165) is 11.3 Å². The molecule has 0 spiro atoms. The fourth-order valence-electron chi connectivity index (χ4n) is 2.91. The Balaban J connectivity index is 2.10. The molecule has 0 bridgehead atoms. The van der Waals surface area contributed by atoms with Crippen molar-refractivity contribution in [1.29, 1.82) is 0 Å². The summed E-state index contributed by atoms with van der Waals surface area (Å²) in [5.74, 6) is 0.734. The standard InChI is InChI=1S/C14H20N4O4/c1-14(21)11(20)10(6-19)22-12(14)8-4-5-9-13(17(2)3)15-7-16-18(8)9/h4-5,7,10-12,19-21H,6H2,1-3H3/t10-,11-,12+,14?/m1/s1. The van der Waals surface area contributed by atoms with Crippen LogP contribution in [0.15, 0.2) is 18.5 Å². The van der Waals surface area contributed by atoms with Crippen molar-refractivity contribution < 1.29 is 20.1 Å². The summed E-state index contributed by atoms with van der Waals surface area (Å²) in [7, 11) is 3.76. The van der Waals surface area contributed by atoms with E-state index in [1.165, 1.54) is 13.3 Å². The van der Waals surface area contributed by atoms with Crippen LogP contribution in [0, 0.1) is 0 Å². The van der Waals surface area contributed by atoms with Crippen LogP contribution in [0.2, 0.25) is 0 Å². The van der Waals surface area contributed by atoms with E-state index in [0.29, 0.717) is 5.69 Å². The lowest BCUT2D eigenvalue weighted by Crippen LogP contribution is -2.43. The van der Waals surface area contributed by atoms with Gasteiger partial charge in [-0.15, -0.1) is 0 Å². The number of anilines is 1. The predicted molar refractivity (Wildman–Crippen MR) is 78.6 cm³/mol. The zero-order chi connectivity index (χ0) is 16.1. The minimum Gasteiger partial charge on any atom is -0.394 e. The second-order valence-corrected chi connectivity index (χ2v) is 5.94. The number of aromatic nitrogens is 3. The summed E-state index contributed by atoms with van der Waals surface area (Å²) >= 11 is 0. The first-order valence-corrected chi connectivity index (χ1v) is 7.04. The third kappa shape index (κ3) is 2.07. The minimum absolute atomic E-state index is 0.366. The molecule has 8 nitrogen and oxygen atoms in total. The maximum atomic E-state index is 10.6. The molecular weight excluding hydrogens is 288 g/mol. The number of ether oxygens (including phenoxy) is 1. The maximum absolute atomic E-state index is 10.6. The second-order valence-electron chi connectivity index (χ2n) is 5.94. The highest BCUT2D eigenvalue weighted by Gasteiger charge is 2.53. The quantitative estimate of drug-likeness (QED) is 0.691. The average molecular weight is 308 g/mol. The van der Waals surface area contributed by atoms with Crippen molar-refractivity contribution in [3.63, 3.8) is 0 Å². The van der Waals surface area contributed by atoms with Gasteiger partial charge in [0.2, 0.25) is 0 Å². The molecule has 8 heteroatoms. The zero-order valence-electron chi connectivity index (χ0n) is 12.7. The highest BCUT2D eigenvalue weighted by atomic mass is 16.6. The number of fused-ring (bicyclic) bond motifs is 1. The van der Waals surface area contributed by atoms with E-state index >= 15 is 0 Å². The van der Waals surface area contributed by atoms with Gasteiger partial charge in [-0.05, 0) is 19.1 Å². The van der Waals surface area contributed by atoms with Crippen LogP contribution in [0.25, 0.3) is 5.52 Å². The summed E-state index contributed by atoms with van der Waals surface area (Å²) in [4.78, 5) is 6.09. The fraction of sp³-hybridized carbons (Fsp3) is 0.571. The Labute approximate surface area is 127 Å². The molecule has 3 rings (SSSR count). The molecular formula is C14H20N4O4. The Morgan fingerprint density at radius 1 is 1.41 bits per heavy atom. The van der Waals surface area contributed by atoms with Crippen molar-refractivity contribution in [2.75, 3.05) is 25.6 Å². The van der Waals surface area contributed by atoms with E-state index in [4.69, 9.17) is 4.74 Å². The first kappa shape index (κ1) is 15.2. The molecule has 0 radical (unpaired) electrons. The molecule has 22 heavy (non-hydrogen) atoms. The Morgan fingerprint density at radius 3 is 2.73 bits per heavy atom. The van der Waals surface area contributed by atoms with Gasteiger partial charge in [-0.25, -0.2) is 9.50 Å². The highest BCUT2D eigenvalue weighted by molar-refractivity contribution is 5.68. The molecule has 1 saturated heterocycles. The molecule has 1 unspecified atom stereocenters. The smallest absolute Gasteiger partial charge is 0.156 e. The molecule has 2 aromatic rings. The van der Waals surface area contributed by atoms with Crippen molar-refractivity contribution in [2.24, 2.45) is 0 Å². The van der Waals surface area contributed by atoms with Gasteiger partial charge in [0.25, 0.3) is 0 Å². The van der Waals surface area contributed by atoms with Gasteiger partial charge >= 0.3 is 0 Å². The molecule has 1 aliphatic rings. The highest BCUT2D eigenvalue weighted by Crippen LogP contribution is 2.42. The number of hydrogen-bond donors (Lipinski definition) is 3. The molecule has 1 aliphatic heterocycles. The van der Waals surface area contributed by atoms with E-state index in [-0.39, 0.29) is 6.61 Å². The number of hydrogen-bond acceptors (Lipinski definition) is 7. The summed E-state index contributed by atoms with van der Waals surface area (Å²) < 4.78 is 7.28. The van der Waals surface area contributed by atoms with Crippen LogP contribution in [0.5, 0.6) is 0 Å². The molecule has 4 atom stereocenters. The number of rotatable bonds is 3. The van der Waals surface area contributed by atoms with Crippen LogP contribution in [0.4, 0.5) is 5.82 Å². The summed E-state index contributed by atoms with van der Waals surface area (Å²) in [6.45, 7) is 1.13. The van der Waals surface area contributed by atoms with E-state index < -0.39 is 23.9 Å². The number of aliphatic hydroxyl groups is 3. The van der Waals surface area contributed by atoms with Gasteiger partial charge in [0.15, 0.2) is 5.82 Å². The topological polar surface area (TPSA) is 103 Å². The van der Waals surface area contributed by atoms with Crippen molar-refractivity contribution >= 4 is 11.3 Å². The lowest BCUT2D eigenvalue weighted by atomic mass is 9.91. The second kappa shape index (κ2) is 5.17. The van der Waals surface area contributed by atoms with Gasteiger partial charge in [0.1, 0.15) is 35.8 Å². The Kier molecular flexibility index (Phi) is 3.56. The van der Waals surface area contributed by atoms with Crippen LogP contribution in [-0.4, -0.2) is 68.4 Å². The van der Waals surface area contributed by atoms with E-state index in [9.17, 15) is 15.3 Å². The van der Waals surface area contributed by atoms with Crippen molar-refractivity contribution in [3.8, 4) is 0 Å². The summed E-state index contributed by atoms with van der Waals surface area (Å²) in [6.07, 6.45) is -1.38. The van der Waals surface area contributed by atoms with Gasteiger partial charge < -0.3 is 25.0 Å². The first-order valence-electron chi connectivity index (χ1n) is 7.04. The van der Waals surface area contributed by atoms with Crippen LogP contribution in [0.3, 0.4) is 0 Å². The van der Waals surface area contributed by atoms with Crippen LogP contribution >= 0.6 is 0 Å². The Bertz CT molecular complexity index is 685. The van der Waals surface area contributed by atoms with Crippen molar-refractivity contribution in [1.82, 2.24) is 14.6 Å². The van der Waals surface area contributed by atoms with Crippen LogP contribution < -0.4 is 4.90 Å². The van der Waals surface area contributed by atoms with Crippen molar-refractivity contribution in [3.05, 3.63) is 24.2 Å². The molecule has 3 heterocycles. The van der Waals surface area contributed by atoms with Gasteiger partial charge in [-0.3, -0.25) is 0 Å². The zero-order valence-corrected chi connectivity index (χ0v) is 12.7. The monoisotopic (exact) mass is 308 g/mol. The normalized spacial score (nSPS) is 31.8. The summed E-state index contributed by atoms with van der Waals surface area (Å²) in [6, 6.07) is 3.62. The molecule has 1 fully saturated rings. The molecule has 0 saturated carbocycles. The number of nitrogens with zero attached hydrogens (tertiary/aromatic N) is 4. The molecule has 0 aromatic carbocycles. The first-order chi connectivity index (χ1) is 10.4. The van der Waals surface area contributed by atoms with E-state index in [1.54, 1.807) is 10.6 Å². The third-order valence-electron chi connectivity index (χ3n) is 4.13. The molecule has 120 valence electrons. The average Bonchev–Trinajstić information content (AvgIpc) is 2.99. The molecule has 0 amide bonds. The molecule has 2 aromatic heterocycles. The summed E-state index contributed by atoms with van der Waals surface area (Å²) in [5, 5.41) is 34.2. The largest absolute Gasteiger partial charge is 0.394 e. The minimum atomic E-state index is -1.52. The Morgan fingerprint density at radius 2 is 2.14 bits per heavy atom. The molecule has 3 N–H and O–H groups in total. The van der Waals surface area contributed by atoms with Gasteiger partial charge in [0.05, 0.1) is 12.3 Å². The lowest BCUT2D eigenvalue weighted by Gasteiger charge is -2.26. The van der Waals surface area contributed by atoms with Gasteiger partial charge in [0, 0.05) is 14.1 Å². The number of aliphatic hydroxyl groups excluding tert-OH is 2. The van der Waals surface area contributed by atoms with Gasteiger partial charge in [-0.2, -0.15) is 5.10 Å². The van der Waals surface area contributed by atoms with Gasteiger partial charge in [-0.1, -0.05) is 0 Å².